The van der Waals surface area contributed by atoms with Crippen molar-refractivity contribution in [3.05, 3.63) is 10.6 Å². The van der Waals surface area contributed by atoms with Crippen LogP contribution < -0.4 is 5.32 Å². The first-order chi connectivity index (χ1) is 8.66. The van der Waals surface area contributed by atoms with E-state index >= 15 is 0 Å². The number of amides is 1. The highest BCUT2D eigenvalue weighted by atomic mass is 32.1. The number of ether oxygens (including phenoxy) is 1. The highest BCUT2D eigenvalue weighted by Crippen LogP contribution is 2.20. The second-order valence-corrected chi connectivity index (χ2v) is 5.53. The number of carbonyl (C=O) groups excluding carboxylic acids is 1. The Morgan fingerprint density at radius 2 is 2.17 bits per heavy atom. The summed E-state index contributed by atoms with van der Waals surface area (Å²) in [6.45, 7) is 7.44. The molecule has 2 rings (SSSR count). The van der Waals surface area contributed by atoms with E-state index in [1.54, 1.807) is 11.3 Å². The second-order valence-electron chi connectivity index (χ2n) is 4.33. The van der Waals surface area contributed by atoms with Crippen LogP contribution in [0.2, 0.25) is 0 Å². The van der Waals surface area contributed by atoms with E-state index in [0.29, 0.717) is 39.3 Å². The van der Waals surface area contributed by atoms with E-state index in [4.69, 9.17) is 4.74 Å². The molecule has 1 aliphatic rings. The highest BCUT2D eigenvalue weighted by Gasteiger charge is 2.16. The normalized spacial score (nSPS) is 15.8. The molecule has 0 atom stereocenters. The van der Waals surface area contributed by atoms with Gasteiger partial charge in [0.05, 0.1) is 18.9 Å². The van der Waals surface area contributed by atoms with E-state index in [0.717, 1.165) is 10.8 Å². The molecule has 0 spiro atoms. The van der Waals surface area contributed by atoms with Crippen LogP contribution in [0.15, 0.2) is 0 Å². The molecule has 6 heteroatoms. The summed E-state index contributed by atoms with van der Waals surface area (Å²) in [5, 5.41) is 4.11. The molecule has 1 saturated heterocycles. The Labute approximate surface area is 111 Å². The van der Waals surface area contributed by atoms with Crippen molar-refractivity contribution in [2.24, 2.45) is 0 Å². The minimum atomic E-state index is 0.191. The van der Waals surface area contributed by atoms with Crippen LogP contribution >= 0.6 is 11.3 Å². The van der Waals surface area contributed by atoms with E-state index < -0.39 is 0 Å². The number of aromatic nitrogens is 1. The topological polar surface area (TPSA) is 54.5 Å². The lowest BCUT2D eigenvalue weighted by Crippen LogP contribution is -2.41. The third-order valence-electron chi connectivity index (χ3n) is 3.01. The Kier molecular flexibility index (Phi) is 4.54. The number of nitrogens with zero attached hydrogens (tertiary/aromatic N) is 2. The van der Waals surface area contributed by atoms with Gasteiger partial charge in [-0.05, 0) is 13.8 Å². The average molecular weight is 269 g/mol. The summed E-state index contributed by atoms with van der Waals surface area (Å²) in [7, 11) is 0. The number of nitrogens with one attached hydrogen (secondary N) is 1. The van der Waals surface area contributed by atoms with E-state index in [2.05, 4.69) is 17.2 Å². The maximum absolute atomic E-state index is 11.9. The van der Waals surface area contributed by atoms with Crippen LogP contribution in [0.4, 0.5) is 5.13 Å². The molecule has 0 unspecified atom stereocenters. The van der Waals surface area contributed by atoms with Crippen LogP contribution in [0, 0.1) is 13.8 Å². The summed E-state index contributed by atoms with van der Waals surface area (Å²) in [4.78, 5) is 19.3. The largest absolute Gasteiger partial charge is 0.378 e. The lowest BCUT2D eigenvalue weighted by atomic mass is 10.3. The number of anilines is 1. The molecule has 18 heavy (non-hydrogen) atoms. The van der Waals surface area contributed by atoms with Crippen molar-refractivity contribution < 1.29 is 9.53 Å². The van der Waals surface area contributed by atoms with E-state index in [-0.39, 0.29) is 5.91 Å². The van der Waals surface area contributed by atoms with Gasteiger partial charge in [-0.1, -0.05) is 0 Å². The zero-order valence-corrected chi connectivity index (χ0v) is 11.7. The van der Waals surface area contributed by atoms with Crippen molar-refractivity contribution in [3.63, 3.8) is 0 Å². The van der Waals surface area contributed by atoms with Gasteiger partial charge < -0.3 is 15.0 Å². The molecule has 1 aromatic rings. The third kappa shape index (κ3) is 3.43. The van der Waals surface area contributed by atoms with Gasteiger partial charge in [0.1, 0.15) is 0 Å². The number of rotatable bonds is 4. The lowest BCUT2D eigenvalue weighted by molar-refractivity contribution is -0.134. The van der Waals surface area contributed by atoms with Crippen molar-refractivity contribution in [1.82, 2.24) is 9.88 Å². The molecule has 1 N–H and O–H groups in total. The fourth-order valence-electron chi connectivity index (χ4n) is 1.80. The molecule has 0 aromatic carbocycles. The van der Waals surface area contributed by atoms with Crippen molar-refractivity contribution in [2.45, 2.75) is 20.3 Å². The molecule has 1 fully saturated rings. The standard InChI is InChI=1S/C12H19N3O2S/c1-9-10(2)18-12(14-9)13-4-3-11(16)15-5-7-17-8-6-15/h3-8H2,1-2H3,(H,13,14). The molecule has 1 aromatic heterocycles. The molecule has 0 radical (unpaired) electrons. The van der Waals surface area contributed by atoms with Crippen LogP contribution in [0.3, 0.4) is 0 Å². The number of thiazole rings is 1. The summed E-state index contributed by atoms with van der Waals surface area (Å²) < 4.78 is 5.22. The smallest absolute Gasteiger partial charge is 0.224 e. The van der Waals surface area contributed by atoms with Crippen molar-refractivity contribution in [3.8, 4) is 0 Å². The van der Waals surface area contributed by atoms with E-state index in [1.165, 1.54) is 4.88 Å². The Hall–Kier alpha value is -1.14. The monoisotopic (exact) mass is 269 g/mol. The number of morpholine rings is 1. The Morgan fingerprint density at radius 3 is 2.78 bits per heavy atom. The summed E-state index contributed by atoms with van der Waals surface area (Å²) in [6.07, 6.45) is 0.512. The quantitative estimate of drug-likeness (QED) is 0.898. The molecule has 2 heterocycles. The Balaban J connectivity index is 1.72. The minimum Gasteiger partial charge on any atom is -0.378 e. The zero-order valence-electron chi connectivity index (χ0n) is 10.9. The number of hydrogen-bond acceptors (Lipinski definition) is 5. The van der Waals surface area contributed by atoms with Crippen molar-refractivity contribution in [1.29, 1.82) is 0 Å². The molecule has 100 valence electrons. The van der Waals surface area contributed by atoms with Gasteiger partial charge in [-0.25, -0.2) is 4.98 Å². The predicted octanol–water partition coefficient (Wildman–Crippen LogP) is 1.42. The van der Waals surface area contributed by atoms with Crippen LogP contribution in [0.25, 0.3) is 0 Å². The van der Waals surface area contributed by atoms with Gasteiger partial charge in [-0.3, -0.25) is 4.79 Å². The van der Waals surface area contributed by atoms with Gasteiger partial charge in [0.2, 0.25) is 5.91 Å². The summed E-state index contributed by atoms with van der Waals surface area (Å²) in [5.41, 5.74) is 1.06. The van der Waals surface area contributed by atoms with Gasteiger partial charge >= 0.3 is 0 Å². The molecule has 0 saturated carbocycles. The molecule has 1 amide bonds. The molecule has 1 aliphatic heterocycles. The van der Waals surface area contributed by atoms with Crippen LogP contribution in [-0.2, 0) is 9.53 Å². The highest BCUT2D eigenvalue weighted by molar-refractivity contribution is 7.15. The van der Waals surface area contributed by atoms with Crippen LogP contribution in [0.1, 0.15) is 17.0 Å². The van der Waals surface area contributed by atoms with Crippen LogP contribution in [-0.4, -0.2) is 48.6 Å². The first kappa shape index (κ1) is 13.3. The average Bonchev–Trinajstić information content (AvgIpc) is 2.69. The number of carbonyl (C=O) groups is 1. The second kappa shape index (κ2) is 6.15. The van der Waals surface area contributed by atoms with Gasteiger partial charge in [-0.15, -0.1) is 11.3 Å². The fourth-order valence-corrected chi connectivity index (χ4v) is 2.64. The van der Waals surface area contributed by atoms with Crippen molar-refractivity contribution in [2.75, 3.05) is 38.2 Å². The van der Waals surface area contributed by atoms with E-state index in [1.807, 2.05) is 11.8 Å². The fraction of sp³-hybridized carbons (Fsp3) is 0.667. The number of hydrogen-bond donors (Lipinski definition) is 1. The SMILES string of the molecule is Cc1nc(NCCC(=O)N2CCOCC2)sc1C. The number of aryl methyl sites for hydroxylation is 2. The van der Waals surface area contributed by atoms with Crippen LogP contribution in [0.5, 0.6) is 0 Å². The minimum absolute atomic E-state index is 0.191. The zero-order chi connectivity index (χ0) is 13.0. The Morgan fingerprint density at radius 1 is 1.44 bits per heavy atom. The summed E-state index contributed by atoms with van der Waals surface area (Å²) >= 11 is 1.63. The molecular weight excluding hydrogens is 250 g/mol. The maximum Gasteiger partial charge on any atom is 0.224 e. The predicted molar refractivity (Wildman–Crippen MR) is 72.1 cm³/mol. The van der Waals surface area contributed by atoms with Gasteiger partial charge in [0.25, 0.3) is 0 Å². The van der Waals surface area contributed by atoms with Gasteiger partial charge in [0, 0.05) is 30.9 Å². The first-order valence-corrected chi connectivity index (χ1v) is 7.02. The van der Waals surface area contributed by atoms with E-state index in [9.17, 15) is 4.79 Å². The summed E-state index contributed by atoms with van der Waals surface area (Å²) in [5.74, 6) is 0.191. The maximum atomic E-state index is 11.9. The Bertz CT molecular complexity index is 394. The summed E-state index contributed by atoms with van der Waals surface area (Å²) in [6, 6.07) is 0. The van der Waals surface area contributed by atoms with Gasteiger partial charge in [-0.2, -0.15) is 0 Å². The lowest BCUT2D eigenvalue weighted by Gasteiger charge is -2.26. The first-order valence-electron chi connectivity index (χ1n) is 6.20. The molecule has 0 bridgehead atoms. The molecule has 5 nitrogen and oxygen atoms in total. The molecule has 0 aliphatic carbocycles. The van der Waals surface area contributed by atoms with Crippen molar-refractivity contribution >= 4 is 22.4 Å². The molecular formula is C12H19N3O2S. The third-order valence-corrected chi connectivity index (χ3v) is 4.04. The van der Waals surface area contributed by atoms with Gasteiger partial charge in [0.15, 0.2) is 5.13 Å².